The average molecular weight is 363 g/mol. The summed E-state index contributed by atoms with van der Waals surface area (Å²) in [5, 5.41) is 13.2. The van der Waals surface area contributed by atoms with E-state index < -0.39 is 17.5 Å². The van der Waals surface area contributed by atoms with Crippen molar-refractivity contribution in [3.8, 4) is 0 Å². The SMILES string of the molecule is CCC(C)SP(=O)(NSC)NC(=O)c1ccc([N+](=O)[O-])cc1. The van der Waals surface area contributed by atoms with Crippen molar-refractivity contribution in [2.24, 2.45) is 0 Å². The molecule has 0 heterocycles. The molecular formula is C12H18N3O4PS2. The average Bonchev–Trinajstić information content (AvgIpc) is 2.47. The number of carbonyl (C=O) groups excluding carboxylic acids is 1. The van der Waals surface area contributed by atoms with Gasteiger partial charge in [0.05, 0.1) is 4.92 Å². The number of non-ortho nitro benzene ring substituents is 1. The highest BCUT2D eigenvalue weighted by Crippen LogP contribution is 2.55. The van der Waals surface area contributed by atoms with E-state index >= 15 is 0 Å². The van der Waals surface area contributed by atoms with E-state index in [1.54, 1.807) is 6.26 Å². The van der Waals surface area contributed by atoms with Crippen LogP contribution >= 0.6 is 30.0 Å². The van der Waals surface area contributed by atoms with Crippen molar-refractivity contribution in [2.75, 3.05) is 6.26 Å². The van der Waals surface area contributed by atoms with Gasteiger partial charge in [-0.15, -0.1) is 0 Å². The van der Waals surface area contributed by atoms with Gasteiger partial charge in [0.1, 0.15) is 0 Å². The number of nitro benzene ring substituents is 1. The third-order valence-electron chi connectivity index (χ3n) is 2.70. The molecule has 0 spiro atoms. The molecule has 2 atom stereocenters. The first-order valence-electron chi connectivity index (χ1n) is 6.47. The molecule has 1 rings (SSSR count). The molecule has 2 N–H and O–H groups in total. The summed E-state index contributed by atoms with van der Waals surface area (Å²) in [6.07, 6.45) is 2.54. The minimum atomic E-state index is -3.15. The van der Waals surface area contributed by atoms with Crippen molar-refractivity contribution in [1.29, 1.82) is 0 Å². The Hall–Kier alpha value is -1.02. The third-order valence-corrected chi connectivity index (χ3v) is 8.80. The summed E-state index contributed by atoms with van der Waals surface area (Å²) < 4.78 is 15.5. The van der Waals surface area contributed by atoms with E-state index in [1.807, 2.05) is 13.8 Å². The van der Waals surface area contributed by atoms with Crippen LogP contribution in [0.1, 0.15) is 30.6 Å². The molecule has 1 aromatic rings. The molecule has 1 amide bonds. The molecule has 22 heavy (non-hydrogen) atoms. The number of hydrogen-bond acceptors (Lipinski definition) is 6. The molecule has 122 valence electrons. The summed E-state index contributed by atoms with van der Waals surface area (Å²) in [6, 6.07) is 5.16. The molecule has 1 aromatic carbocycles. The van der Waals surface area contributed by atoms with Gasteiger partial charge in [0, 0.05) is 22.9 Å². The Bertz CT molecular complexity index is 582. The zero-order valence-electron chi connectivity index (χ0n) is 12.4. The van der Waals surface area contributed by atoms with Crippen LogP contribution in [0.25, 0.3) is 0 Å². The van der Waals surface area contributed by atoms with Crippen LogP contribution in [0.5, 0.6) is 0 Å². The number of nitrogens with zero attached hydrogens (tertiary/aromatic N) is 1. The molecule has 0 aliphatic heterocycles. The fraction of sp³-hybridized carbons (Fsp3) is 0.417. The van der Waals surface area contributed by atoms with Gasteiger partial charge < -0.3 is 0 Å². The highest BCUT2D eigenvalue weighted by atomic mass is 32.7. The number of amides is 1. The van der Waals surface area contributed by atoms with Crippen molar-refractivity contribution < 1.29 is 14.3 Å². The van der Waals surface area contributed by atoms with E-state index in [-0.39, 0.29) is 16.5 Å². The lowest BCUT2D eigenvalue weighted by Gasteiger charge is -2.21. The largest absolute Gasteiger partial charge is 0.302 e. The molecule has 10 heteroatoms. The first-order valence-corrected chi connectivity index (χ1v) is 10.9. The Morgan fingerprint density at radius 2 is 2.00 bits per heavy atom. The van der Waals surface area contributed by atoms with Crippen LogP contribution in [0.3, 0.4) is 0 Å². The molecular weight excluding hydrogens is 345 g/mol. The summed E-state index contributed by atoms with van der Waals surface area (Å²) >= 11 is 2.35. The van der Waals surface area contributed by atoms with Crippen LogP contribution in [0.4, 0.5) is 5.69 Å². The molecule has 2 unspecified atom stereocenters. The van der Waals surface area contributed by atoms with E-state index in [4.69, 9.17) is 0 Å². The highest BCUT2D eigenvalue weighted by molar-refractivity contribution is 8.58. The Morgan fingerprint density at radius 3 is 2.45 bits per heavy atom. The second-order valence-corrected chi connectivity index (χ2v) is 10.1. The topological polar surface area (TPSA) is 101 Å². The van der Waals surface area contributed by atoms with Gasteiger partial charge in [-0.1, -0.05) is 37.2 Å². The molecule has 0 fully saturated rings. The number of hydrogen-bond donors (Lipinski definition) is 2. The molecule has 7 nitrogen and oxygen atoms in total. The Morgan fingerprint density at radius 1 is 1.41 bits per heavy atom. The number of nitrogens with one attached hydrogen (secondary N) is 2. The Kier molecular flexibility index (Phi) is 7.41. The Balaban J connectivity index is 2.86. The quantitative estimate of drug-likeness (QED) is 0.313. The standard InChI is InChI=1S/C12H18N3O4PS2/c1-4-9(2)22-20(19,14-21-3)13-12(16)10-5-7-11(8-6-10)15(17)18/h5-9H,4H2,1-3H3,(H2,13,14,16,19). The van der Waals surface area contributed by atoms with E-state index in [2.05, 4.69) is 9.58 Å². The van der Waals surface area contributed by atoms with Gasteiger partial charge in [-0.2, -0.15) is 4.49 Å². The molecule has 0 aliphatic carbocycles. The molecule has 0 saturated carbocycles. The van der Waals surface area contributed by atoms with Crippen molar-refractivity contribution in [3.05, 3.63) is 39.9 Å². The summed E-state index contributed by atoms with van der Waals surface area (Å²) in [5.74, 6) is -0.532. The number of carbonyl (C=O) groups is 1. The summed E-state index contributed by atoms with van der Waals surface area (Å²) in [5.41, 5.74) is 0.120. The van der Waals surface area contributed by atoms with Gasteiger partial charge in [-0.25, -0.2) is 0 Å². The van der Waals surface area contributed by atoms with Crippen LogP contribution in [0, 0.1) is 10.1 Å². The fourth-order valence-electron chi connectivity index (χ4n) is 1.45. The van der Waals surface area contributed by atoms with E-state index in [0.29, 0.717) is 0 Å². The lowest BCUT2D eigenvalue weighted by Crippen LogP contribution is -2.24. The van der Waals surface area contributed by atoms with Gasteiger partial charge in [0.2, 0.25) is 0 Å². The zero-order chi connectivity index (χ0) is 16.8. The van der Waals surface area contributed by atoms with Gasteiger partial charge in [-0.05, 0) is 24.8 Å². The number of nitro groups is 1. The Labute approximate surface area is 137 Å². The zero-order valence-corrected chi connectivity index (χ0v) is 15.0. The first kappa shape index (κ1) is 19.0. The number of rotatable bonds is 8. The summed E-state index contributed by atoms with van der Waals surface area (Å²) in [7, 11) is 0. The van der Waals surface area contributed by atoms with Crippen LogP contribution in [0.2, 0.25) is 0 Å². The van der Waals surface area contributed by atoms with Crippen molar-refractivity contribution >= 4 is 41.6 Å². The first-order chi connectivity index (χ1) is 10.3. The molecule has 0 saturated heterocycles. The van der Waals surface area contributed by atoms with Gasteiger partial charge in [0.25, 0.3) is 11.6 Å². The van der Waals surface area contributed by atoms with Gasteiger partial charge in [0.15, 0.2) is 0 Å². The smallest absolute Gasteiger partial charge is 0.282 e. The van der Waals surface area contributed by atoms with E-state index in [9.17, 15) is 19.5 Å². The highest BCUT2D eigenvalue weighted by Gasteiger charge is 2.28. The molecule has 0 aromatic heterocycles. The van der Waals surface area contributed by atoms with Crippen molar-refractivity contribution in [3.63, 3.8) is 0 Å². The van der Waals surface area contributed by atoms with Crippen LogP contribution in [0.15, 0.2) is 24.3 Å². The molecule has 0 aliphatic rings. The van der Waals surface area contributed by atoms with E-state index in [0.717, 1.165) is 6.42 Å². The minimum Gasteiger partial charge on any atom is -0.282 e. The predicted octanol–water partition coefficient (Wildman–Crippen LogP) is 3.83. The van der Waals surface area contributed by atoms with Crippen LogP contribution < -0.4 is 9.58 Å². The molecule has 0 radical (unpaired) electrons. The predicted molar refractivity (Wildman–Crippen MR) is 92.2 cm³/mol. The normalized spacial score (nSPS) is 14.9. The lowest BCUT2D eigenvalue weighted by atomic mass is 10.2. The summed E-state index contributed by atoms with van der Waals surface area (Å²) in [6.45, 7) is 0.751. The summed E-state index contributed by atoms with van der Waals surface area (Å²) in [4.78, 5) is 22.2. The maximum Gasteiger partial charge on any atom is 0.302 e. The maximum atomic E-state index is 12.7. The van der Waals surface area contributed by atoms with Crippen LogP contribution in [-0.4, -0.2) is 22.3 Å². The third kappa shape index (κ3) is 5.64. The monoisotopic (exact) mass is 363 g/mol. The second kappa shape index (κ2) is 8.57. The minimum absolute atomic E-state index is 0.101. The fourth-order valence-corrected chi connectivity index (χ4v) is 7.31. The van der Waals surface area contributed by atoms with Gasteiger partial charge in [-0.3, -0.25) is 24.6 Å². The van der Waals surface area contributed by atoms with Crippen LogP contribution in [-0.2, 0) is 4.57 Å². The van der Waals surface area contributed by atoms with Gasteiger partial charge >= 0.3 is 6.65 Å². The van der Waals surface area contributed by atoms with Crippen molar-refractivity contribution in [1.82, 2.24) is 9.58 Å². The maximum absolute atomic E-state index is 12.7. The lowest BCUT2D eigenvalue weighted by molar-refractivity contribution is -0.384. The van der Waals surface area contributed by atoms with Crippen molar-refractivity contribution in [2.45, 2.75) is 25.5 Å². The molecule has 0 bridgehead atoms. The van der Waals surface area contributed by atoms with E-state index in [1.165, 1.54) is 47.6 Å². The second-order valence-electron chi connectivity index (χ2n) is 4.42. The number of benzene rings is 1.